The Morgan fingerprint density at radius 3 is 2.55 bits per heavy atom. The van der Waals surface area contributed by atoms with Crippen molar-refractivity contribution in [1.82, 2.24) is 19.5 Å². The van der Waals surface area contributed by atoms with Crippen LogP contribution in [-0.4, -0.2) is 36.8 Å². The largest absolute Gasteiger partial charge is 0.393 e. The minimum Gasteiger partial charge on any atom is -0.393 e. The van der Waals surface area contributed by atoms with Crippen molar-refractivity contribution in [2.45, 2.75) is 69.6 Å². The molecule has 0 radical (unpaired) electrons. The summed E-state index contributed by atoms with van der Waals surface area (Å²) in [5.41, 5.74) is 1.82. The molecule has 0 atom stereocenters. The molecule has 118 valence electrons. The molecular weight excluding hydrogens is 278 g/mol. The average molecular weight is 301 g/mol. The lowest BCUT2D eigenvalue weighted by Crippen LogP contribution is -2.28. The Morgan fingerprint density at radius 2 is 1.77 bits per heavy atom. The van der Waals surface area contributed by atoms with Crippen molar-refractivity contribution in [3.05, 3.63) is 12.7 Å². The van der Waals surface area contributed by atoms with Crippen molar-refractivity contribution >= 4 is 17.0 Å². The maximum absolute atomic E-state index is 9.62. The molecular formula is C16H23N5O. The van der Waals surface area contributed by atoms with Gasteiger partial charge in [-0.3, -0.25) is 0 Å². The van der Waals surface area contributed by atoms with Gasteiger partial charge in [0.25, 0.3) is 0 Å². The quantitative estimate of drug-likeness (QED) is 0.911. The predicted molar refractivity (Wildman–Crippen MR) is 84.7 cm³/mol. The number of nitrogens with one attached hydrogen (secondary N) is 1. The van der Waals surface area contributed by atoms with Crippen LogP contribution in [0, 0.1) is 0 Å². The van der Waals surface area contributed by atoms with Crippen molar-refractivity contribution in [1.29, 1.82) is 0 Å². The molecule has 22 heavy (non-hydrogen) atoms. The van der Waals surface area contributed by atoms with Crippen LogP contribution in [0.2, 0.25) is 0 Å². The third-order valence-corrected chi connectivity index (χ3v) is 5.11. The Morgan fingerprint density at radius 1 is 1.00 bits per heavy atom. The molecule has 2 heterocycles. The van der Waals surface area contributed by atoms with Gasteiger partial charge in [0.1, 0.15) is 11.8 Å². The van der Waals surface area contributed by atoms with Crippen molar-refractivity contribution < 1.29 is 5.11 Å². The van der Waals surface area contributed by atoms with E-state index >= 15 is 0 Å². The zero-order chi connectivity index (χ0) is 14.9. The smallest absolute Gasteiger partial charge is 0.165 e. The van der Waals surface area contributed by atoms with E-state index in [4.69, 9.17) is 0 Å². The lowest BCUT2D eigenvalue weighted by atomic mass is 9.93. The van der Waals surface area contributed by atoms with E-state index in [9.17, 15) is 5.11 Å². The Labute approximate surface area is 130 Å². The number of nitrogens with zero attached hydrogens (tertiary/aromatic N) is 4. The average Bonchev–Trinajstić information content (AvgIpc) is 3.18. The van der Waals surface area contributed by atoms with Gasteiger partial charge in [-0.25, -0.2) is 15.0 Å². The van der Waals surface area contributed by atoms with Crippen LogP contribution in [0.25, 0.3) is 11.2 Å². The van der Waals surface area contributed by atoms with Crippen LogP contribution < -0.4 is 5.32 Å². The summed E-state index contributed by atoms with van der Waals surface area (Å²) in [4.78, 5) is 13.4. The maximum atomic E-state index is 9.62. The third-order valence-electron chi connectivity index (χ3n) is 5.11. The molecule has 0 bridgehead atoms. The molecule has 2 aliphatic rings. The van der Waals surface area contributed by atoms with E-state index in [1.807, 2.05) is 6.33 Å². The van der Waals surface area contributed by atoms with Crippen LogP contribution in [0.4, 0.5) is 5.82 Å². The summed E-state index contributed by atoms with van der Waals surface area (Å²) in [7, 11) is 0. The second-order valence-electron chi connectivity index (χ2n) is 6.63. The Hall–Kier alpha value is -1.69. The minimum absolute atomic E-state index is 0.134. The Balaban J connectivity index is 1.59. The van der Waals surface area contributed by atoms with E-state index < -0.39 is 0 Å². The number of hydrogen-bond donors (Lipinski definition) is 2. The van der Waals surface area contributed by atoms with Gasteiger partial charge in [0.05, 0.1) is 12.4 Å². The molecule has 0 aromatic carbocycles. The fourth-order valence-corrected chi connectivity index (χ4v) is 3.82. The number of aromatic nitrogens is 4. The zero-order valence-corrected chi connectivity index (χ0v) is 12.8. The van der Waals surface area contributed by atoms with E-state index in [1.165, 1.54) is 25.7 Å². The summed E-state index contributed by atoms with van der Waals surface area (Å²) in [6.07, 6.45) is 12.1. The van der Waals surface area contributed by atoms with Gasteiger partial charge >= 0.3 is 0 Å². The van der Waals surface area contributed by atoms with Gasteiger partial charge in [0.2, 0.25) is 0 Å². The summed E-state index contributed by atoms with van der Waals surface area (Å²) in [5.74, 6) is 0.836. The molecule has 2 aromatic heterocycles. The second kappa shape index (κ2) is 5.83. The number of aliphatic hydroxyl groups is 1. The van der Waals surface area contributed by atoms with E-state index in [-0.39, 0.29) is 6.10 Å². The number of aliphatic hydroxyl groups excluding tert-OH is 1. The highest BCUT2D eigenvalue weighted by atomic mass is 16.3. The van der Waals surface area contributed by atoms with Crippen LogP contribution in [0.3, 0.4) is 0 Å². The first kappa shape index (κ1) is 13.9. The summed E-state index contributed by atoms with van der Waals surface area (Å²) < 4.78 is 2.22. The molecule has 2 aliphatic carbocycles. The standard InChI is InChI=1S/C16H23N5O/c22-13-7-5-11(6-8-13)20-15-14-16(18-9-17-15)21(10-19-14)12-3-1-2-4-12/h9-13,22H,1-8H2,(H,17,18,20). The second-order valence-corrected chi connectivity index (χ2v) is 6.63. The molecule has 2 aromatic rings. The van der Waals surface area contributed by atoms with Crippen molar-refractivity contribution in [3.8, 4) is 0 Å². The molecule has 0 spiro atoms. The molecule has 2 fully saturated rings. The van der Waals surface area contributed by atoms with Crippen LogP contribution in [0.1, 0.15) is 57.4 Å². The van der Waals surface area contributed by atoms with Crippen molar-refractivity contribution in [3.63, 3.8) is 0 Å². The minimum atomic E-state index is -0.134. The van der Waals surface area contributed by atoms with Crippen LogP contribution in [-0.2, 0) is 0 Å². The molecule has 0 unspecified atom stereocenters. The normalized spacial score (nSPS) is 26.6. The lowest BCUT2D eigenvalue weighted by molar-refractivity contribution is 0.126. The van der Waals surface area contributed by atoms with Gasteiger partial charge in [-0.05, 0) is 38.5 Å². The van der Waals surface area contributed by atoms with E-state index in [0.29, 0.717) is 12.1 Å². The Kier molecular flexibility index (Phi) is 3.70. The fourth-order valence-electron chi connectivity index (χ4n) is 3.82. The van der Waals surface area contributed by atoms with Crippen LogP contribution in [0.15, 0.2) is 12.7 Å². The molecule has 4 rings (SSSR count). The van der Waals surface area contributed by atoms with Gasteiger partial charge in [-0.2, -0.15) is 0 Å². The van der Waals surface area contributed by atoms with Gasteiger partial charge in [0, 0.05) is 12.1 Å². The van der Waals surface area contributed by atoms with E-state index in [2.05, 4.69) is 24.8 Å². The molecule has 2 saturated carbocycles. The SMILES string of the molecule is OC1CCC(Nc2ncnc3c2ncn3C2CCCC2)CC1. The van der Waals surface area contributed by atoms with Crippen molar-refractivity contribution in [2.24, 2.45) is 0 Å². The number of imidazole rings is 1. The first-order chi connectivity index (χ1) is 10.8. The molecule has 2 N–H and O–H groups in total. The molecule has 0 amide bonds. The van der Waals surface area contributed by atoms with Gasteiger partial charge in [0.15, 0.2) is 11.5 Å². The maximum Gasteiger partial charge on any atom is 0.165 e. The van der Waals surface area contributed by atoms with Gasteiger partial charge < -0.3 is 15.0 Å². The van der Waals surface area contributed by atoms with E-state index in [1.54, 1.807) is 6.33 Å². The van der Waals surface area contributed by atoms with Gasteiger partial charge in [-0.15, -0.1) is 0 Å². The van der Waals surface area contributed by atoms with Crippen LogP contribution in [0.5, 0.6) is 0 Å². The number of hydrogen-bond acceptors (Lipinski definition) is 5. The first-order valence-corrected chi connectivity index (χ1v) is 8.43. The first-order valence-electron chi connectivity index (χ1n) is 8.43. The number of rotatable bonds is 3. The highest BCUT2D eigenvalue weighted by Gasteiger charge is 2.23. The summed E-state index contributed by atoms with van der Waals surface area (Å²) in [6, 6.07) is 0.913. The molecule has 6 heteroatoms. The van der Waals surface area contributed by atoms with E-state index in [0.717, 1.165) is 42.7 Å². The highest BCUT2D eigenvalue weighted by molar-refractivity contribution is 5.82. The van der Waals surface area contributed by atoms with Gasteiger partial charge in [-0.1, -0.05) is 12.8 Å². The zero-order valence-electron chi connectivity index (χ0n) is 12.8. The lowest BCUT2D eigenvalue weighted by Gasteiger charge is -2.26. The summed E-state index contributed by atoms with van der Waals surface area (Å²) >= 11 is 0. The summed E-state index contributed by atoms with van der Waals surface area (Å²) in [5, 5.41) is 13.1. The van der Waals surface area contributed by atoms with Crippen molar-refractivity contribution in [2.75, 3.05) is 5.32 Å². The number of anilines is 1. The molecule has 0 saturated heterocycles. The highest BCUT2D eigenvalue weighted by Crippen LogP contribution is 2.32. The molecule has 0 aliphatic heterocycles. The Bertz CT molecular complexity index is 641. The fraction of sp³-hybridized carbons (Fsp3) is 0.688. The topological polar surface area (TPSA) is 75.9 Å². The predicted octanol–water partition coefficient (Wildman–Crippen LogP) is 2.66. The molecule has 6 nitrogen and oxygen atoms in total. The number of fused-ring (bicyclic) bond motifs is 1. The monoisotopic (exact) mass is 301 g/mol. The summed E-state index contributed by atoms with van der Waals surface area (Å²) in [6.45, 7) is 0. The third kappa shape index (κ3) is 2.56. The van der Waals surface area contributed by atoms with Crippen LogP contribution >= 0.6 is 0 Å².